The van der Waals surface area contributed by atoms with Crippen molar-refractivity contribution in [2.24, 2.45) is 0 Å². The molecule has 5 nitrogen and oxygen atoms in total. The molecule has 1 aliphatic rings. The fourth-order valence-electron chi connectivity index (χ4n) is 2.82. The largest absolute Gasteiger partial charge is 0.445 e. The lowest BCUT2D eigenvalue weighted by Crippen LogP contribution is -2.45. The fourth-order valence-corrected chi connectivity index (χ4v) is 2.82. The summed E-state index contributed by atoms with van der Waals surface area (Å²) in [5, 5.41) is 2.82. The van der Waals surface area contributed by atoms with Crippen molar-refractivity contribution in [3.05, 3.63) is 35.9 Å². The zero-order valence-electron chi connectivity index (χ0n) is 12.5. The highest BCUT2D eigenvalue weighted by molar-refractivity contribution is 5.81. The first-order valence-corrected chi connectivity index (χ1v) is 7.42. The van der Waals surface area contributed by atoms with E-state index >= 15 is 0 Å². The number of hydrogen-bond acceptors (Lipinski definition) is 3. The van der Waals surface area contributed by atoms with E-state index in [1.54, 1.807) is 0 Å². The summed E-state index contributed by atoms with van der Waals surface area (Å²) in [5.41, 5.74) is 0.942. The number of nitrogens with zero attached hydrogens (tertiary/aromatic N) is 1. The minimum Gasteiger partial charge on any atom is -0.445 e. The van der Waals surface area contributed by atoms with E-state index in [1.807, 2.05) is 49.1 Å². The van der Waals surface area contributed by atoms with Crippen LogP contribution in [0.25, 0.3) is 0 Å². The van der Waals surface area contributed by atoms with Crippen molar-refractivity contribution < 1.29 is 14.3 Å². The van der Waals surface area contributed by atoms with Crippen molar-refractivity contribution in [1.29, 1.82) is 0 Å². The molecule has 114 valence electrons. The smallest absolute Gasteiger partial charge is 0.407 e. The van der Waals surface area contributed by atoms with Gasteiger partial charge in [-0.15, -0.1) is 0 Å². The molecular formula is C16H22N2O3. The Balaban J connectivity index is 1.86. The van der Waals surface area contributed by atoms with E-state index in [9.17, 15) is 9.59 Å². The molecule has 0 spiro atoms. The van der Waals surface area contributed by atoms with Crippen LogP contribution in [0.2, 0.25) is 0 Å². The number of benzene rings is 1. The van der Waals surface area contributed by atoms with Gasteiger partial charge in [-0.05, 0) is 18.9 Å². The van der Waals surface area contributed by atoms with Gasteiger partial charge in [0.05, 0.1) is 12.1 Å². The average Bonchev–Trinajstić information content (AvgIpc) is 2.80. The van der Waals surface area contributed by atoms with E-state index in [0.717, 1.165) is 12.0 Å². The van der Waals surface area contributed by atoms with E-state index in [4.69, 9.17) is 4.74 Å². The van der Waals surface area contributed by atoms with Crippen molar-refractivity contribution in [2.45, 2.75) is 45.4 Å². The molecule has 1 saturated heterocycles. The molecule has 1 aromatic carbocycles. The summed E-state index contributed by atoms with van der Waals surface area (Å²) in [7, 11) is 0. The Morgan fingerprint density at radius 2 is 2.05 bits per heavy atom. The van der Waals surface area contributed by atoms with E-state index in [2.05, 4.69) is 5.32 Å². The van der Waals surface area contributed by atoms with Crippen molar-refractivity contribution in [1.82, 2.24) is 10.2 Å². The summed E-state index contributed by atoms with van der Waals surface area (Å²) in [4.78, 5) is 25.6. The van der Waals surface area contributed by atoms with Crippen LogP contribution in [-0.4, -0.2) is 35.5 Å². The number of likely N-dealkylation sites (tertiary alicyclic amines) is 1. The first-order valence-electron chi connectivity index (χ1n) is 7.42. The van der Waals surface area contributed by atoms with Crippen molar-refractivity contribution >= 4 is 12.0 Å². The summed E-state index contributed by atoms with van der Waals surface area (Å²) in [6, 6.07) is 9.42. The number of rotatable bonds is 5. The second-order valence-corrected chi connectivity index (χ2v) is 5.17. The van der Waals surface area contributed by atoms with Gasteiger partial charge in [-0.25, -0.2) is 4.79 Å². The molecule has 0 bridgehead atoms. The van der Waals surface area contributed by atoms with Gasteiger partial charge in [0, 0.05) is 13.0 Å². The maximum Gasteiger partial charge on any atom is 0.407 e. The Labute approximate surface area is 125 Å². The molecule has 0 radical (unpaired) electrons. The molecule has 0 saturated carbocycles. The number of amides is 2. The van der Waals surface area contributed by atoms with Crippen molar-refractivity contribution in [3.8, 4) is 0 Å². The monoisotopic (exact) mass is 290 g/mol. The maximum absolute atomic E-state index is 11.9. The molecule has 0 aliphatic carbocycles. The molecule has 5 heteroatoms. The Hall–Kier alpha value is -2.04. The summed E-state index contributed by atoms with van der Waals surface area (Å²) in [6.45, 7) is 4.89. The van der Waals surface area contributed by atoms with Crippen LogP contribution in [0.1, 0.15) is 32.3 Å². The molecule has 2 atom stereocenters. The molecule has 1 aliphatic heterocycles. The van der Waals surface area contributed by atoms with E-state index < -0.39 is 6.09 Å². The lowest BCUT2D eigenvalue weighted by atomic mass is 10.1. The topological polar surface area (TPSA) is 58.6 Å². The van der Waals surface area contributed by atoms with Crippen molar-refractivity contribution in [2.75, 3.05) is 6.54 Å². The third-order valence-corrected chi connectivity index (χ3v) is 3.85. The molecule has 1 aromatic rings. The number of alkyl carbamates (subject to hydrolysis) is 1. The lowest BCUT2D eigenvalue weighted by Gasteiger charge is -2.26. The van der Waals surface area contributed by atoms with E-state index in [1.165, 1.54) is 0 Å². The highest BCUT2D eigenvalue weighted by atomic mass is 16.5. The van der Waals surface area contributed by atoms with E-state index in [0.29, 0.717) is 13.0 Å². The van der Waals surface area contributed by atoms with Crippen LogP contribution in [0, 0.1) is 0 Å². The Bertz CT molecular complexity index is 490. The third-order valence-electron chi connectivity index (χ3n) is 3.85. The second-order valence-electron chi connectivity index (χ2n) is 5.17. The minimum atomic E-state index is -0.465. The van der Waals surface area contributed by atoms with Gasteiger partial charge in [0.15, 0.2) is 0 Å². The quantitative estimate of drug-likeness (QED) is 0.905. The molecule has 1 N–H and O–H groups in total. The molecule has 2 amide bonds. The SMILES string of the molecule is CC[C@H]1[C@@H](NC(=O)OCc2ccccc2)CC(=O)N1CC. The maximum atomic E-state index is 11.9. The Morgan fingerprint density at radius 1 is 1.33 bits per heavy atom. The Morgan fingerprint density at radius 3 is 2.67 bits per heavy atom. The predicted octanol–water partition coefficient (Wildman–Crippen LogP) is 2.31. The fraction of sp³-hybridized carbons (Fsp3) is 0.500. The van der Waals surface area contributed by atoms with Crippen LogP contribution in [0.15, 0.2) is 30.3 Å². The predicted molar refractivity (Wildman–Crippen MR) is 79.6 cm³/mol. The van der Waals surface area contributed by atoms with Gasteiger partial charge < -0.3 is 15.0 Å². The molecular weight excluding hydrogens is 268 g/mol. The van der Waals surface area contributed by atoms with Crippen molar-refractivity contribution in [3.63, 3.8) is 0 Å². The van der Waals surface area contributed by atoms with Gasteiger partial charge in [-0.3, -0.25) is 4.79 Å². The number of hydrogen-bond donors (Lipinski definition) is 1. The molecule has 0 unspecified atom stereocenters. The van der Waals surface area contributed by atoms with Crippen LogP contribution < -0.4 is 5.32 Å². The molecule has 1 fully saturated rings. The summed E-state index contributed by atoms with van der Waals surface area (Å²) in [6.07, 6.45) is 0.712. The first-order chi connectivity index (χ1) is 10.2. The average molecular weight is 290 g/mol. The molecule has 1 heterocycles. The molecule has 0 aromatic heterocycles. The summed E-state index contributed by atoms with van der Waals surface area (Å²) < 4.78 is 5.21. The van der Waals surface area contributed by atoms with Gasteiger partial charge in [0.1, 0.15) is 6.61 Å². The summed E-state index contributed by atoms with van der Waals surface area (Å²) >= 11 is 0. The Kier molecular flexibility index (Phi) is 5.20. The third kappa shape index (κ3) is 3.74. The van der Waals surface area contributed by atoms with Crippen LogP contribution in [0.4, 0.5) is 4.79 Å². The number of ether oxygens (including phenoxy) is 1. The van der Waals surface area contributed by atoms with Crippen LogP contribution in [0.3, 0.4) is 0 Å². The molecule has 21 heavy (non-hydrogen) atoms. The second kappa shape index (κ2) is 7.11. The number of carbonyl (C=O) groups excluding carboxylic acids is 2. The molecule has 2 rings (SSSR count). The zero-order chi connectivity index (χ0) is 15.2. The van der Waals surface area contributed by atoms with Crippen LogP contribution >= 0.6 is 0 Å². The highest BCUT2D eigenvalue weighted by Gasteiger charge is 2.38. The van der Waals surface area contributed by atoms with Gasteiger partial charge in [-0.1, -0.05) is 37.3 Å². The number of likely N-dealkylation sites (N-methyl/N-ethyl adjacent to an activating group) is 1. The van der Waals surface area contributed by atoms with Gasteiger partial charge in [0.2, 0.25) is 5.91 Å². The first kappa shape index (κ1) is 15.4. The highest BCUT2D eigenvalue weighted by Crippen LogP contribution is 2.21. The van der Waals surface area contributed by atoms with Gasteiger partial charge in [-0.2, -0.15) is 0 Å². The standard InChI is InChI=1S/C16H22N2O3/c1-3-14-13(10-15(19)18(14)4-2)17-16(20)21-11-12-8-6-5-7-9-12/h5-9,13-14H,3-4,10-11H2,1-2H3,(H,17,20)/t13-,14-/m0/s1. The van der Waals surface area contributed by atoms with Crippen LogP contribution in [0.5, 0.6) is 0 Å². The zero-order valence-corrected chi connectivity index (χ0v) is 12.5. The normalized spacial score (nSPS) is 21.4. The summed E-state index contributed by atoms with van der Waals surface area (Å²) in [5.74, 6) is 0.0951. The minimum absolute atomic E-state index is 0.0618. The van der Waals surface area contributed by atoms with Crippen LogP contribution in [-0.2, 0) is 16.1 Å². The van der Waals surface area contributed by atoms with Gasteiger partial charge >= 0.3 is 6.09 Å². The number of nitrogens with one attached hydrogen (secondary N) is 1. The van der Waals surface area contributed by atoms with Gasteiger partial charge in [0.25, 0.3) is 0 Å². The lowest BCUT2D eigenvalue weighted by molar-refractivity contribution is -0.128. The number of carbonyl (C=O) groups is 2. The van der Waals surface area contributed by atoms with E-state index in [-0.39, 0.29) is 24.6 Å².